The van der Waals surface area contributed by atoms with Gasteiger partial charge in [0.1, 0.15) is 18.8 Å². The van der Waals surface area contributed by atoms with Gasteiger partial charge in [0.2, 0.25) is 11.8 Å². The van der Waals surface area contributed by atoms with Gasteiger partial charge in [-0.2, -0.15) is 13.2 Å². The van der Waals surface area contributed by atoms with E-state index in [0.29, 0.717) is 10.6 Å². The minimum absolute atomic E-state index is 0.0623. The van der Waals surface area contributed by atoms with Crippen molar-refractivity contribution in [2.24, 2.45) is 0 Å². The molecule has 0 aliphatic carbocycles. The Hall–Kier alpha value is -2.25. The summed E-state index contributed by atoms with van der Waals surface area (Å²) in [5.41, 5.74) is 1.93. The number of carbonyl (C=O) groups excluding carboxylic acids is 2. The van der Waals surface area contributed by atoms with Gasteiger partial charge >= 0.3 is 6.18 Å². The van der Waals surface area contributed by atoms with Crippen LogP contribution in [0.4, 0.5) is 13.2 Å². The molecule has 1 rings (SSSR count). The van der Waals surface area contributed by atoms with Crippen LogP contribution in [0.2, 0.25) is 0 Å². The van der Waals surface area contributed by atoms with E-state index in [0.717, 1.165) is 16.0 Å². The lowest BCUT2D eigenvalue weighted by atomic mass is 10.1. The van der Waals surface area contributed by atoms with E-state index in [1.54, 1.807) is 6.07 Å². The Balaban J connectivity index is 2.66. The summed E-state index contributed by atoms with van der Waals surface area (Å²) >= 11 is 0. The summed E-state index contributed by atoms with van der Waals surface area (Å²) in [6.07, 6.45) is -4.82. The van der Waals surface area contributed by atoms with E-state index in [4.69, 9.17) is 4.74 Å². The molecule has 0 bridgehead atoms. The minimum Gasteiger partial charge on any atom is -0.493 e. The number of nitrogens with zero attached hydrogens (tertiary/aromatic N) is 2. The molecule has 0 saturated carbocycles. The molecule has 0 unspecified atom stereocenters. The van der Waals surface area contributed by atoms with E-state index in [9.17, 15) is 22.8 Å². The molecule has 0 aliphatic heterocycles. The highest BCUT2D eigenvalue weighted by atomic mass is 19.4. The van der Waals surface area contributed by atoms with E-state index in [2.05, 4.69) is 0 Å². The van der Waals surface area contributed by atoms with Crippen LogP contribution >= 0.6 is 0 Å². The fraction of sp³-hybridized carbons (Fsp3) is 0.529. The van der Waals surface area contributed by atoms with E-state index in [-0.39, 0.29) is 13.0 Å². The molecule has 0 radical (unpaired) electrons. The van der Waals surface area contributed by atoms with Gasteiger partial charge in [0.05, 0.1) is 13.0 Å². The standard InChI is InChI=1S/C17H23F3N2O3/c1-12-5-6-14(13(2)9-12)25-8-7-15(23)22(11-17(18,19)20)10-16(24)21(3)4/h5-6,9H,7-8,10-11H2,1-4H3. The number of carbonyl (C=O) groups is 2. The van der Waals surface area contributed by atoms with Crippen LogP contribution in [0.3, 0.4) is 0 Å². The van der Waals surface area contributed by atoms with Crippen molar-refractivity contribution < 1.29 is 27.5 Å². The number of hydrogen-bond donors (Lipinski definition) is 0. The number of rotatable bonds is 7. The summed E-state index contributed by atoms with van der Waals surface area (Å²) in [4.78, 5) is 25.4. The zero-order chi connectivity index (χ0) is 19.2. The second-order valence-electron chi connectivity index (χ2n) is 6.02. The predicted octanol–water partition coefficient (Wildman–Crippen LogP) is 2.55. The van der Waals surface area contributed by atoms with Crippen molar-refractivity contribution in [3.8, 4) is 5.75 Å². The number of hydrogen-bond acceptors (Lipinski definition) is 3. The SMILES string of the molecule is Cc1ccc(OCCC(=O)N(CC(=O)N(C)C)CC(F)(F)F)c(C)c1. The fourth-order valence-corrected chi connectivity index (χ4v) is 2.12. The highest BCUT2D eigenvalue weighted by Gasteiger charge is 2.34. The van der Waals surface area contributed by atoms with Gasteiger partial charge in [0.15, 0.2) is 0 Å². The maximum Gasteiger partial charge on any atom is 0.406 e. The van der Waals surface area contributed by atoms with Gasteiger partial charge in [-0.1, -0.05) is 17.7 Å². The van der Waals surface area contributed by atoms with Crippen LogP contribution in [-0.2, 0) is 9.59 Å². The summed E-state index contributed by atoms with van der Waals surface area (Å²) in [6.45, 7) is 1.63. The molecule has 0 N–H and O–H groups in total. The molecular formula is C17H23F3N2O3. The van der Waals surface area contributed by atoms with Crippen molar-refractivity contribution >= 4 is 11.8 Å². The highest BCUT2D eigenvalue weighted by molar-refractivity contribution is 5.84. The largest absolute Gasteiger partial charge is 0.493 e. The Morgan fingerprint density at radius 2 is 1.76 bits per heavy atom. The molecule has 8 heteroatoms. The quantitative estimate of drug-likeness (QED) is 0.751. The minimum atomic E-state index is -4.57. The zero-order valence-electron chi connectivity index (χ0n) is 14.8. The third-order valence-corrected chi connectivity index (χ3v) is 3.45. The molecular weight excluding hydrogens is 337 g/mol. The lowest BCUT2D eigenvalue weighted by Crippen LogP contribution is -2.45. The molecule has 0 aliphatic rings. The van der Waals surface area contributed by atoms with Crippen molar-refractivity contribution in [2.75, 3.05) is 33.8 Å². The maximum atomic E-state index is 12.6. The van der Waals surface area contributed by atoms with Gasteiger partial charge < -0.3 is 14.5 Å². The maximum absolute atomic E-state index is 12.6. The molecule has 0 saturated heterocycles. The molecule has 0 atom stereocenters. The van der Waals surface area contributed by atoms with Crippen molar-refractivity contribution in [3.05, 3.63) is 29.3 Å². The van der Waals surface area contributed by atoms with Gasteiger partial charge in [-0.25, -0.2) is 0 Å². The van der Waals surface area contributed by atoms with Crippen LogP contribution in [0.25, 0.3) is 0 Å². The molecule has 25 heavy (non-hydrogen) atoms. The van der Waals surface area contributed by atoms with E-state index in [1.165, 1.54) is 14.1 Å². The monoisotopic (exact) mass is 360 g/mol. The van der Waals surface area contributed by atoms with Crippen LogP contribution in [0, 0.1) is 13.8 Å². The number of likely N-dealkylation sites (N-methyl/N-ethyl adjacent to an activating group) is 1. The first-order valence-electron chi connectivity index (χ1n) is 7.74. The van der Waals surface area contributed by atoms with Gasteiger partial charge in [0, 0.05) is 14.1 Å². The Morgan fingerprint density at radius 3 is 2.28 bits per heavy atom. The fourth-order valence-electron chi connectivity index (χ4n) is 2.12. The van der Waals surface area contributed by atoms with Crippen molar-refractivity contribution in [1.82, 2.24) is 9.80 Å². The molecule has 0 spiro atoms. The van der Waals surface area contributed by atoms with Gasteiger partial charge in [-0.05, 0) is 25.5 Å². The lowest BCUT2D eigenvalue weighted by Gasteiger charge is -2.25. The second kappa shape index (κ2) is 8.73. The smallest absolute Gasteiger partial charge is 0.406 e. The molecule has 5 nitrogen and oxygen atoms in total. The van der Waals surface area contributed by atoms with E-state index in [1.807, 2.05) is 26.0 Å². The van der Waals surface area contributed by atoms with E-state index >= 15 is 0 Å². The molecule has 1 aromatic rings. The number of halogens is 3. The number of benzene rings is 1. The molecule has 0 fully saturated rings. The average molecular weight is 360 g/mol. The normalized spacial score (nSPS) is 11.2. The third-order valence-electron chi connectivity index (χ3n) is 3.45. The first kappa shape index (κ1) is 20.8. The summed E-state index contributed by atoms with van der Waals surface area (Å²) in [5.74, 6) is -0.782. The first-order chi connectivity index (χ1) is 11.5. The molecule has 0 aromatic heterocycles. The number of alkyl halides is 3. The molecule has 140 valence electrons. The Kier molecular flexibility index (Phi) is 7.26. The van der Waals surface area contributed by atoms with Crippen molar-refractivity contribution in [1.29, 1.82) is 0 Å². The van der Waals surface area contributed by atoms with Crippen LogP contribution in [0.15, 0.2) is 18.2 Å². The van der Waals surface area contributed by atoms with Gasteiger partial charge in [-0.15, -0.1) is 0 Å². The van der Waals surface area contributed by atoms with Crippen LogP contribution in [-0.4, -0.2) is 61.6 Å². The van der Waals surface area contributed by atoms with Crippen LogP contribution < -0.4 is 4.74 Å². The Bertz CT molecular complexity index is 616. The van der Waals surface area contributed by atoms with Crippen LogP contribution in [0.1, 0.15) is 17.5 Å². The summed E-state index contributed by atoms with van der Waals surface area (Å²) in [7, 11) is 2.84. The average Bonchev–Trinajstić information content (AvgIpc) is 2.47. The van der Waals surface area contributed by atoms with Gasteiger partial charge in [-0.3, -0.25) is 9.59 Å². The third kappa shape index (κ3) is 7.45. The number of amides is 2. The summed E-state index contributed by atoms with van der Waals surface area (Å²) in [6, 6.07) is 5.50. The van der Waals surface area contributed by atoms with Gasteiger partial charge in [0.25, 0.3) is 0 Å². The topological polar surface area (TPSA) is 49.9 Å². The predicted molar refractivity (Wildman–Crippen MR) is 87.4 cm³/mol. The zero-order valence-corrected chi connectivity index (χ0v) is 14.8. The summed E-state index contributed by atoms with van der Waals surface area (Å²) < 4.78 is 43.4. The molecule has 2 amide bonds. The lowest BCUT2D eigenvalue weighted by molar-refractivity contribution is -0.164. The highest BCUT2D eigenvalue weighted by Crippen LogP contribution is 2.20. The number of ether oxygens (including phenoxy) is 1. The second-order valence-corrected chi connectivity index (χ2v) is 6.02. The Labute approximate surface area is 145 Å². The molecule has 1 aromatic carbocycles. The number of aryl methyl sites for hydroxylation is 2. The Morgan fingerprint density at radius 1 is 1.12 bits per heavy atom. The van der Waals surface area contributed by atoms with Crippen LogP contribution in [0.5, 0.6) is 5.75 Å². The van der Waals surface area contributed by atoms with Crippen molar-refractivity contribution in [3.63, 3.8) is 0 Å². The summed E-state index contributed by atoms with van der Waals surface area (Å²) in [5, 5.41) is 0. The van der Waals surface area contributed by atoms with E-state index < -0.39 is 31.1 Å². The first-order valence-corrected chi connectivity index (χ1v) is 7.74. The van der Waals surface area contributed by atoms with Crippen molar-refractivity contribution in [2.45, 2.75) is 26.4 Å². The molecule has 0 heterocycles.